The van der Waals surface area contributed by atoms with E-state index < -0.39 is 6.04 Å². The van der Waals surface area contributed by atoms with E-state index in [9.17, 15) is 4.79 Å². The zero-order chi connectivity index (χ0) is 16.1. The topological polar surface area (TPSA) is 72.9 Å². The molecule has 1 amide bonds. The number of carbonyl (C=O) groups excluding carboxylic acids is 1. The Morgan fingerprint density at radius 2 is 2.23 bits per heavy atom. The Labute approximate surface area is 135 Å². The second-order valence-electron chi connectivity index (χ2n) is 5.21. The van der Waals surface area contributed by atoms with Crippen LogP contribution in [0.3, 0.4) is 0 Å². The molecule has 120 valence electrons. The molecule has 1 atom stereocenters. The molecule has 2 aromatic rings. The molecule has 1 aromatic heterocycles. The van der Waals surface area contributed by atoms with E-state index in [1.165, 1.54) is 0 Å². The molecule has 0 aliphatic heterocycles. The van der Waals surface area contributed by atoms with Crippen molar-refractivity contribution in [3.8, 4) is 0 Å². The van der Waals surface area contributed by atoms with Crippen molar-refractivity contribution < 1.29 is 4.79 Å². The Morgan fingerprint density at radius 3 is 2.86 bits per heavy atom. The number of nitrogens with two attached hydrogens (primary N) is 1. The molecule has 0 spiro atoms. The standard InChI is InChI=1S/C16H24N4OS/c1-4-15-19-13-10-11(6-7-14(13)20(15)5-2)18-16(21)12(17)8-9-22-3/h6-7,10,12H,4-5,8-9,17H2,1-3H3,(H,18,21)/t12-/m0/s1. The first-order valence-corrected chi connectivity index (χ1v) is 9.04. The molecule has 1 heterocycles. The van der Waals surface area contributed by atoms with Crippen LogP contribution in [0.1, 0.15) is 26.1 Å². The molecule has 2 rings (SSSR count). The number of rotatable bonds is 7. The number of imidazole rings is 1. The van der Waals surface area contributed by atoms with Crippen LogP contribution in [0.5, 0.6) is 0 Å². The number of hydrogen-bond donors (Lipinski definition) is 2. The number of aryl methyl sites for hydroxylation is 2. The smallest absolute Gasteiger partial charge is 0.241 e. The zero-order valence-electron chi connectivity index (χ0n) is 13.4. The predicted molar refractivity (Wildman–Crippen MR) is 94.4 cm³/mol. The summed E-state index contributed by atoms with van der Waals surface area (Å²) in [6, 6.07) is 5.37. The Kier molecular flexibility index (Phi) is 5.85. The average Bonchev–Trinajstić information content (AvgIpc) is 2.89. The van der Waals surface area contributed by atoms with Gasteiger partial charge in [0, 0.05) is 18.7 Å². The number of thioether (sulfide) groups is 1. The van der Waals surface area contributed by atoms with Gasteiger partial charge in [-0.1, -0.05) is 6.92 Å². The molecule has 0 unspecified atom stereocenters. The maximum atomic E-state index is 12.1. The van der Waals surface area contributed by atoms with E-state index in [-0.39, 0.29) is 5.91 Å². The van der Waals surface area contributed by atoms with E-state index in [1.807, 2.05) is 24.5 Å². The number of fused-ring (bicyclic) bond motifs is 1. The number of amides is 1. The van der Waals surface area contributed by atoms with Crippen molar-refractivity contribution in [2.24, 2.45) is 5.73 Å². The van der Waals surface area contributed by atoms with Crippen molar-refractivity contribution in [1.82, 2.24) is 9.55 Å². The van der Waals surface area contributed by atoms with Crippen LogP contribution in [0.15, 0.2) is 18.2 Å². The van der Waals surface area contributed by atoms with Crippen molar-refractivity contribution >= 4 is 34.4 Å². The molecule has 3 N–H and O–H groups in total. The lowest BCUT2D eigenvalue weighted by atomic mass is 10.2. The fourth-order valence-electron chi connectivity index (χ4n) is 2.49. The fourth-order valence-corrected chi connectivity index (χ4v) is 2.98. The third-order valence-electron chi connectivity index (χ3n) is 3.70. The van der Waals surface area contributed by atoms with Gasteiger partial charge in [0.1, 0.15) is 5.82 Å². The molecule has 22 heavy (non-hydrogen) atoms. The van der Waals surface area contributed by atoms with Gasteiger partial charge in [-0.2, -0.15) is 11.8 Å². The third kappa shape index (κ3) is 3.62. The number of benzene rings is 1. The highest BCUT2D eigenvalue weighted by molar-refractivity contribution is 7.98. The Hall–Kier alpha value is -1.53. The summed E-state index contributed by atoms with van der Waals surface area (Å²) >= 11 is 1.69. The molecule has 0 saturated carbocycles. The first-order valence-electron chi connectivity index (χ1n) is 7.65. The number of aromatic nitrogens is 2. The summed E-state index contributed by atoms with van der Waals surface area (Å²) in [5.41, 5.74) is 8.65. The lowest BCUT2D eigenvalue weighted by molar-refractivity contribution is -0.117. The maximum absolute atomic E-state index is 12.1. The van der Waals surface area contributed by atoms with Crippen molar-refractivity contribution in [1.29, 1.82) is 0 Å². The molecule has 5 nitrogen and oxygen atoms in total. The normalized spacial score (nSPS) is 12.5. The van der Waals surface area contributed by atoms with Crippen LogP contribution in [0.25, 0.3) is 11.0 Å². The van der Waals surface area contributed by atoms with Gasteiger partial charge in [-0.3, -0.25) is 4.79 Å². The van der Waals surface area contributed by atoms with E-state index in [0.717, 1.165) is 41.3 Å². The summed E-state index contributed by atoms with van der Waals surface area (Å²) < 4.78 is 2.20. The molecular weight excluding hydrogens is 296 g/mol. The van der Waals surface area contributed by atoms with Crippen LogP contribution in [-0.2, 0) is 17.8 Å². The number of carbonyl (C=O) groups is 1. The Morgan fingerprint density at radius 1 is 1.45 bits per heavy atom. The summed E-state index contributed by atoms with van der Waals surface area (Å²) in [6.45, 7) is 5.10. The second-order valence-corrected chi connectivity index (χ2v) is 6.19. The molecule has 0 aliphatic rings. The van der Waals surface area contributed by atoms with Crippen LogP contribution < -0.4 is 11.1 Å². The first kappa shape index (κ1) is 16.8. The van der Waals surface area contributed by atoms with Crippen LogP contribution in [-0.4, -0.2) is 33.5 Å². The van der Waals surface area contributed by atoms with Gasteiger partial charge in [-0.15, -0.1) is 0 Å². The number of nitrogens with one attached hydrogen (secondary N) is 1. The quantitative estimate of drug-likeness (QED) is 0.822. The molecule has 6 heteroatoms. The van der Waals surface area contributed by atoms with E-state index in [2.05, 4.69) is 28.7 Å². The van der Waals surface area contributed by atoms with Gasteiger partial charge in [0.2, 0.25) is 5.91 Å². The van der Waals surface area contributed by atoms with Gasteiger partial charge >= 0.3 is 0 Å². The molecule has 0 bridgehead atoms. The third-order valence-corrected chi connectivity index (χ3v) is 4.34. The van der Waals surface area contributed by atoms with E-state index in [4.69, 9.17) is 5.73 Å². The summed E-state index contributed by atoms with van der Waals surface area (Å²) in [4.78, 5) is 16.7. The second kappa shape index (κ2) is 7.65. The monoisotopic (exact) mass is 320 g/mol. The van der Waals surface area contributed by atoms with Crippen molar-refractivity contribution in [3.63, 3.8) is 0 Å². The fraction of sp³-hybridized carbons (Fsp3) is 0.500. The summed E-state index contributed by atoms with van der Waals surface area (Å²) in [5, 5.41) is 2.89. The predicted octanol–water partition coefficient (Wildman–Crippen LogP) is 2.64. The van der Waals surface area contributed by atoms with Gasteiger partial charge in [0.15, 0.2) is 0 Å². The molecular formula is C16H24N4OS. The number of hydrogen-bond acceptors (Lipinski definition) is 4. The molecule has 0 fully saturated rings. The number of anilines is 1. The minimum atomic E-state index is -0.470. The minimum Gasteiger partial charge on any atom is -0.328 e. The Bertz CT molecular complexity index is 653. The van der Waals surface area contributed by atoms with Crippen molar-refractivity contribution in [2.45, 2.75) is 39.3 Å². The molecule has 0 saturated heterocycles. The van der Waals surface area contributed by atoms with E-state index in [1.54, 1.807) is 11.8 Å². The first-order chi connectivity index (χ1) is 10.6. The van der Waals surface area contributed by atoms with Gasteiger partial charge in [-0.25, -0.2) is 4.98 Å². The zero-order valence-corrected chi connectivity index (χ0v) is 14.2. The highest BCUT2D eigenvalue weighted by Gasteiger charge is 2.14. The van der Waals surface area contributed by atoms with E-state index in [0.29, 0.717) is 6.42 Å². The van der Waals surface area contributed by atoms with Crippen LogP contribution in [0, 0.1) is 0 Å². The van der Waals surface area contributed by atoms with Gasteiger partial charge in [0.25, 0.3) is 0 Å². The van der Waals surface area contributed by atoms with Crippen LogP contribution in [0.2, 0.25) is 0 Å². The SMILES string of the molecule is CCc1nc2cc(NC(=O)[C@@H](N)CCSC)ccc2n1CC. The number of nitrogens with zero attached hydrogens (tertiary/aromatic N) is 2. The molecule has 0 aliphatic carbocycles. The average molecular weight is 320 g/mol. The van der Waals surface area contributed by atoms with Crippen molar-refractivity contribution in [3.05, 3.63) is 24.0 Å². The minimum absolute atomic E-state index is 0.140. The highest BCUT2D eigenvalue weighted by Crippen LogP contribution is 2.21. The van der Waals surface area contributed by atoms with Crippen LogP contribution in [0.4, 0.5) is 5.69 Å². The van der Waals surface area contributed by atoms with Crippen molar-refractivity contribution in [2.75, 3.05) is 17.3 Å². The van der Waals surface area contributed by atoms with E-state index >= 15 is 0 Å². The summed E-state index contributed by atoms with van der Waals surface area (Å²) in [6.07, 6.45) is 3.58. The molecule has 0 radical (unpaired) electrons. The van der Waals surface area contributed by atoms with Gasteiger partial charge in [0.05, 0.1) is 17.1 Å². The summed E-state index contributed by atoms with van der Waals surface area (Å²) in [5.74, 6) is 1.81. The Balaban J connectivity index is 2.17. The largest absolute Gasteiger partial charge is 0.328 e. The van der Waals surface area contributed by atoms with Crippen LogP contribution >= 0.6 is 11.8 Å². The highest BCUT2D eigenvalue weighted by atomic mass is 32.2. The maximum Gasteiger partial charge on any atom is 0.241 e. The summed E-state index contributed by atoms with van der Waals surface area (Å²) in [7, 11) is 0. The lowest BCUT2D eigenvalue weighted by Crippen LogP contribution is -2.36. The molecule has 1 aromatic carbocycles. The van der Waals surface area contributed by atoms with Gasteiger partial charge in [-0.05, 0) is 43.6 Å². The lowest BCUT2D eigenvalue weighted by Gasteiger charge is -2.11. The van der Waals surface area contributed by atoms with Gasteiger partial charge < -0.3 is 15.6 Å².